The molecule has 0 radical (unpaired) electrons. The molecule has 11 heteroatoms. The molecule has 4 aromatic rings. The average molecular weight is 1070 g/mol. The van der Waals surface area contributed by atoms with Gasteiger partial charge in [-0.15, -0.1) is 0 Å². The summed E-state index contributed by atoms with van der Waals surface area (Å²) < 4.78 is 45.9. The molecule has 4 aromatic carbocycles. The number of para-hydroxylation sites is 1. The van der Waals surface area contributed by atoms with Crippen molar-refractivity contribution in [2.24, 2.45) is 0 Å². The second-order valence-corrected chi connectivity index (χ2v) is 21.3. The number of hydrogen-bond acceptors (Lipinski definition) is 10. The first kappa shape index (κ1) is 61.9. The molecule has 1 amide bonds. The van der Waals surface area contributed by atoms with Gasteiger partial charge >= 0.3 is 11.9 Å². The number of esters is 2. The van der Waals surface area contributed by atoms with Crippen molar-refractivity contribution in [2.75, 3.05) is 13.2 Å². The molecule has 2 aliphatic heterocycles. The van der Waals surface area contributed by atoms with E-state index in [1.54, 1.807) is 48.5 Å². The number of nitrogens with one attached hydrogen (secondary N) is 1. The average Bonchev–Trinajstić information content (AvgIpc) is 3.48. The predicted molar refractivity (Wildman–Crippen MR) is 309 cm³/mol. The summed E-state index contributed by atoms with van der Waals surface area (Å²) in [6, 6.07) is 35.6. The van der Waals surface area contributed by atoms with E-state index in [9.17, 15) is 14.4 Å². The molecule has 6 rings (SSSR count). The van der Waals surface area contributed by atoms with E-state index in [-0.39, 0.29) is 19.1 Å². The van der Waals surface area contributed by atoms with Crippen molar-refractivity contribution in [2.45, 2.75) is 230 Å². The van der Waals surface area contributed by atoms with E-state index >= 15 is 0 Å². The highest BCUT2D eigenvalue weighted by molar-refractivity contribution is 5.90. The maximum Gasteiger partial charge on any atom is 0.338 e. The van der Waals surface area contributed by atoms with Crippen molar-refractivity contribution in [1.29, 1.82) is 0 Å². The Balaban J connectivity index is 1.20. The third-order valence-corrected chi connectivity index (χ3v) is 14.9. The zero-order chi connectivity index (χ0) is 54.7. The minimum absolute atomic E-state index is 0.0592. The fourth-order valence-electron chi connectivity index (χ4n) is 10.3. The minimum atomic E-state index is -1.33. The first-order valence-electron chi connectivity index (χ1n) is 30.2. The van der Waals surface area contributed by atoms with Gasteiger partial charge in [0.15, 0.2) is 24.8 Å². The summed E-state index contributed by atoms with van der Waals surface area (Å²) in [6.07, 6.45) is 28.1. The molecule has 2 fully saturated rings. The van der Waals surface area contributed by atoms with E-state index in [0.29, 0.717) is 23.3 Å². The maximum absolute atomic E-state index is 14.1. The van der Waals surface area contributed by atoms with E-state index in [4.69, 9.17) is 33.2 Å². The summed E-state index contributed by atoms with van der Waals surface area (Å²) in [4.78, 5) is 42.4. The summed E-state index contributed by atoms with van der Waals surface area (Å²) in [7, 11) is 0. The van der Waals surface area contributed by atoms with Crippen LogP contribution in [-0.4, -0.2) is 73.9 Å². The van der Waals surface area contributed by atoms with Gasteiger partial charge in [0, 0.05) is 12.0 Å². The van der Waals surface area contributed by atoms with Crippen molar-refractivity contribution in [3.63, 3.8) is 0 Å². The Morgan fingerprint density at radius 3 is 1.54 bits per heavy atom. The Labute approximate surface area is 467 Å². The Morgan fingerprint density at radius 2 is 1.01 bits per heavy atom. The third-order valence-electron chi connectivity index (χ3n) is 14.9. The third kappa shape index (κ3) is 22.8. The SMILES string of the molecule is CCCCCCCCCCCCCC=C[C@@H](Oc1ccccc1)[C@H](CO[C@@H]1O[C@@H]2COC(c3ccccc3)O[C@@H]2[C@H](OC(=O)c2ccccc2)[C@H]1OC(=O)c1ccccc1)NC(=O)CCCCCCCCCCCCCCC. The van der Waals surface area contributed by atoms with Crippen molar-refractivity contribution in [3.05, 3.63) is 150 Å². The zero-order valence-electron chi connectivity index (χ0n) is 47.2. The number of allylic oxidation sites excluding steroid dienone is 1. The minimum Gasteiger partial charge on any atom is -0.484 e. The molecular weight excluding hydrogens is 979 g/mol. The number of fused-ring (bicyclic) bond motifs is 1. The van der Waals surface area contributed by atoms with Crippen LogP contribution in [0.4, 0.5) is 0 Å². The lowest BCUT2D eigenvalue weighted by molar-refractivity contribution is -0.360. The first-order chi connectivity index (χ1) is 38.4. The number of carbonyl (C=O) groups is 3. The van der Waals surface area contributed by atoms with Gasteiger partial charge in [0.2, 0.25) is 5.91 Å². The van der Waals surface area contributed by atoms with E-state index in [0.717, 1.165) is 44.1 Å². The molecule has 1 N–H and O–H groups in total. The highest BCUT2D eigenvalue weighted by Crippen LogP contribution is 2.38. The number of ether oxygens (including phenoxy) is 7. The van der Waals surface area contributed by atoms with Gasteiger partial charge in [0.1, 0.15) is 24.1 Å². The van der Waals surface area contributed by atoms with Gasteiger partial charge in [-0.1, -0.05) is 246 Å². The van der Waals surface area contributed by atoms with Crippen molar-refractivity contribution < 1.29 is 47.5 Å². The van der Waals surface area contributed by atoms with Gasteiger partial charge in [-0.2, -0.15) is 0 Å². The summed E-state index contributed by atoms with van der Waals surface area (Å²) in [5, 5.41) is 3.31. The molecule has 78 heavy (non-hydrogen) atoms. The van der Waals surface area contributed by atoms with Crippen LogP contribution in [0.2, 0.25) is 0 Å². The molecule has 0 spiro atoms. The normalized spacial score (nSPS) is 19.9. The second-order valence-electron chi connectivity index (χ2n) is 21.3. The molecule has 2 aliphatic rings. The highest BCUT2D eigenvalue weighted by atomic mass is 16.8. The van der Waals surface area contributed by atoms with Crippen LogP contribution in [0.15, 0.2) is 133 Å². The number of carbonyl (C=O) groups excluding carboxylic acids is 3. The molecule has 0 saturated carbocycles. The predicted octanol–water partition coefficient (Wildman–Crippen LogP) is 16.0. The fourth-order valence-corrected chi connectivity index (χ4v) is 10.3. The molecule has 8 atom stereocenters. The lowest BCUT2D eigenvalue weighted by atomic mass is 9.96. The molecule has 2 heterocycles. The lowest BCUT2D eigenvalue weighted by Crippen LogP contribution is -2.64. The molecule has 426 valence electrons. The Morgan fingerprint density at radius 1 is 0.551 bits per heavy atom. The highest BCUT2D eigenvalue weighted by Gasteiger charge is 2.54. The Bertz CT molecular complexity index is 2230. The van der Waals surface area contributed by atoms with Crippen LogP contribution >= 0.6 is 0 Å². The summed E-state index contributed by atoms with van der Waals surface area (Å²) in [5.74, 6) is -0.771. The molecular formula is C67H93NO10. The second kappa shape index (κ2) is 37.5. The molecule has 0 aliphatic carbocycles. The quantitative estimate of drug-likeness (QED) is 0.0262. The monoisotopic (exact) mass is 1070 g/mol. The van der Waals surface area contributed by atoms with Crippen molar-refractivity contribution in [3.8, 4) is 5.75 Å². The van der Waals surface area contributed by atoms with Gasteiger partial charge in [0.05, 0.1) is 30.4 Å². The van der Waals surface area contributed by atoms with Gasteiger partial charge < -0.3 is 38.5 Å². The number of hydrogen-bond donors (Lipinski definition) is 1. The molecule has 1 unspecified atom stereocenters. The van der Waals surface area contributed by atoms with Crippen LogP contribution in [-0.2, 0) is 33.2 Å². The first-order valence-corrected chi connectivity index (χ1v) is 30.2. The summed E-state index contributed by atoms with van der Waals surface area (Å²) in [5.41, 5.74) is 1.36. The van der Waals surface area contributed by atoms with Crippen molar-refractivity contribution >= 4 is 17.8 Å². The molecule has 0 bridgehead atoms. The van der Waals surface area contributed by atoms with Crippen LogP contribution in [0.5, 0.6) is 5.75 Å². The van der Waals surface area contributed by atoms with Crippen LogP contribution in [0, 0.1) is 0 Å². The van der Waals surface area contributed by atoms with E-state index < -0.39 is 61.1 Å². The zero-order valence-corrected chi connectivity index (χ0v) is 47.2. The smallest absolute Gasteiger partial charge is 0.338 e. The summed E-state index contributed by atoms with van der Waals surface area (Å²) in [6.45, 7) is 4.47. The van der Waals surface area contributed by atoms with Gasteiger partial charge in [-0.25, -0.2) is 9.59 Å². The van der Waals surface area contributed by atoms with Gasteiger partial charge in [0.25, 0.3) is 0 Å². The van der Waals surface area contributed by atoms with E-state index in [1.165, 1.54) is 122 Å². The largest absolute Gasteiger partial charge is 0.484 e. The standard InChI is InChI=1S/C67H93NO10/c1-3-5-7-9-11-13-15-17-19-21-23-25-39-49-58(74-56-47-37-30-38-48-56)57(68-60(69)50-40-26-24-22-20-18-16-14-12-10-8-6-4-2)51-72-67-63(77-65(71)54-43-33-28-34-44-54)62(76-64(70)53-41-31-27-32-42-53)61-59(75-67)52-73-66(78-61)55-45-35-29-36-46-55/h27-39,41-49,57-59,61-63,66-67H,3-26,40,50-52H2,1-2H3,(H,68,69)/t57-,58+,59+,61-,62-,63+,66?,67+/m0/s1. The Kier molecular flexibility index (Phi) is 29.8. The van der Waals surface area contributed by atoms with Crippen LogP contribution < -0.4 is 10.1 Å². The van der Waals surface area contributed by atoms with Crippen LogP contribution in [0.1, 0.15) is 213 Å². The fraction of sp³-hybridized carbons (Fsp3) is 0.567. The number of rotatable bonds is 39. The number of benzene rings is 4. The lowest BCUT2D eigenvalue weighted by Gasteiger charge is -2.48. The summed E-state index contributed by atoms with van der Waals surface area (Å²) >= 11 is 0. The molecule has 11 nitrogen and oxygen atoms in total. The van der Waals surface area contributed by atoms with Gasteiger partial charge in [-0.05, 0) is 61.7 Å². The molecule has 0 aromatic heterocycles. The van der Waals surface area contributed by atoms with E-state index in [2.05, 4.69) is 25.2 Å². The Hall–Kier alpha value is -5.33. The molecule has 2 saturated heterocycles. The van der Waals surface area contributed by atoms with E-state index in [1.807, 2.05) is 78.9 Å². The van der Waals surface area contributed by atoms with Crippen LogP contribution in [0.25, 0.3) is 0 Å². The van der Waals surface area contributed by atoms with Crippen molar-refractivity contribution in [1.82, 2.24) is 5.32 Å². The van der Waals surface area contributed by atoms with Gasteiger partial charge in [-0.3, -0.25) is 4.79 Å². The number of unbranched alkanes of at least 4 members (excludes halogenated alkanes) is 23. The van der Waals surface area contributed by atoms with Crippen LogP contribution in [0.3, 0.4) is 0 Å². The maximum atomic E-state index is 14.1. The number of amides is 1. The topological polar surface area (TPSA) is 128 Å².